The van der Waals surface area contributed by atoms with Gasteiger partial charge >= 0.3 is 0 Å². The molecule has 1 atom stereocenters. The quantitative estimate of drug-likeness (QED) is 0.324. The van der Waals surface area contributed by atoms with Gasteiger partial charge in [-0.3, -0.25) is 0 Å². The average Bonchev–Trinajstić information content (AvgIpc) is 2.84. The average molecular weight is 465 g/mol. The van der Waals surface area contributed by atoms with Crippen LogP contribution < -0.4 is 0 Å². The maximum absolute atomic E-state index is 14.1. The summed E-state index contributed by atoms with van der Waals surface area (Å²) < 4.78 is 14.1. The van der Waals surface area contributed by atoms with Crippen molar-refractivity contribution in [1.29, 1.82) is 0 Å². The van der Waals surface area contributed by atoms with Crippen LogP contribution in [0.2, 0.25) is 0 Å². The summed E-state index contributed by atoms with van der Waals surface area (Å²) in [6.07, 6.45) is 19.6. The lowest BCUT2D eigenvalue weighted by atomic mass is 9.76. The number of alkyl halides is 1. The highest BCUT2D eigenvalue weighted by Gasteiger charge is 2.29. The highest BCUT2D eigenvalue weighted by atomic mass is 35.5. The molecule has 2 heteroatoms. The molecule has 0 aliphatic heterocycles. The van der Waals surface area contributed by atoms with Gasteiger partial charge in [0.15, 0.2) is 0 Å². The predicted molar refractivity (Wildman–Crippen MR) is 140 cm³/mol. The summed E-state index contributed by atoms with van der Waals surface area (Å²) in [5.41, 5.74) is 4.58. The second-order valence-corrected chi connectivity index (χ2v) is 11.0. The Morgan fingerprint density at radius 2 is 1.52 bits per heavy atom. The molecule has 1 saturated carbocycles. The van der Waals surface area contributed by atoms with Crippen molar-refractivity contribution in [3.05, 3.63) is 89.3 Å². The Kier molecular flexibility index (Phi) is 8.47. The summed E-state index contributed by atoms with van der Waals surface area (Å²) >= 11 is 6.94. The van der Waals surface area contributed by atoms with E-state index in [9.17, 15) is 4.39 Å². The van der Waals surface area contributed by atoms with Crippen molar-refractivity contribution in [3.63, 3.8) is 0 Å². The molecular weight excluding hydrogens is 427 g/mol. The zero-order valence-corrected chi connectivity index (χ0v) is 20.8. The van der Waals surface area contributed by atoms with Crippen molar-refractivity contribution in [1.82, 2.24) is 0 Å². The SMILES string of the molecule is CCCc1ccc(CC[C@H]2CC[C@H](CCC3(Cl)C=CC(c4ccccc4F)=CC3)CC2)cc1. The zero-order chi connectivity index (χ0) is 23.1. The van der Waals surface area contributed by atoms with Crippen LogP contribution in [0.5, 0.6) is 0 Å². The molecule has 0 nitrogen and oxygen atoms in total. The first-order valence-corrected chi connectivity index (χ1v) is 13.3. The molecule has 2 aliphatic rings. The molecule has 2 aromatic rings. The summed E-state index contributed by atoms with van der Waals surface area (Å²) in [7, 11) is 0. The highest BCUT2D eigenvalue weighted by Crippen LogP contribution is 2.40. The molecule has 0 spiro atoms. The van der Waals surface area contributed by atoms with Crippen LogP contribution in [0, 0.1) is 17.7 Å². The number of hydrogen-bond acceptors (Lipinski definition) is 0. The molecule has 1 unspecified atom stereocenters. The van der Waals surface area contributed by atoms with Crippen LogP contribution in [0.4, 0.5) is 4.39 Å². The summed E-state index contributed by atoms with van der Waals surface area (Å²) in [4.78, 5) is -0.310. The molecule has 1 fully saturated rings. The number of benzene rings is 2. The highest BCUT2D eigenvalue weighted by molar-refractivity contribution is 6.25. The van der Waals surface area contributed by atoms with Gasteiger partial charge < -0.3 is 0 Å². The van der Waals surface area contributed by atoms with Gasteiger partial charge in [0.1, 0.15) is 5.82 Å². The lowest BCUT2D eigenvalue weighted by Gasteiger charge is -2.32. The van der Waals surface area contributed by atoms with E-state index in [1.807, 2.05) is 18.2 Å². The van der Waals surface area contributed by atoms with Crippen molar-refractivity contribution in [2.45, 2.75) is 82.4 Å². The largest absolute Gasteiger partial charge is 0.206 e. The molecule has 0 N–H and O–H groups in total. The second kappa shape index (κ2) is 11.5. The molecule has 4 rings (SSSR count). The minimum atomic E-state index is -0.310. The van der Waals surface area contributed by atoms with E-state index in [0.717, 1.165) is 30.3 Å². The lowest BCUT2D eigenvalue weighted by molar-refractivity contribution is 0.246. The zero-order valence-electron chi connectivity index (χ0n) is 20.0. The topological polar surface area (TPSA) is 0 Å². The first-order valence-electron chi connectivity index (χ1n) is 13.0. The van der Waals surface area contributed by atoms with Gasteiger partial charge in [-0.1, -0.05) is 99.7 Å². The molecule has 2 aliphatic carbocycles. The Balaban J connectivity index is 1.18. The molecule has 0 bridgehead atoms. The van der Waals surface area contributed by atoms with Crippen LogP contribution in [0.25, 0.3) is 5.57 Å². The molecule has 176 valence electrons. The molecule has 2 aromatic carbocycles. The Morgan fingerprint density at radius 1 is 0.879 bits per heavy atom. The van der Waals surface area contributed by atoms with Crippen LogP contribution in [-0.2, 0) is 12.8 Å². The van der Waals surface area contributed by atoms with Crippen molar-refractivity contribution in [3.8, 4) is 0 Å². The molecular formula is C31H38ClF. The molecule has 0 heterocycles. The predicted octanol–water partition coefficient (Wildman–Crippen LogP) is 9.32. The van der Waals surface area contributed by atoms with E-state index < -0.39 is 0 Å². The standard InChI is InChI=1S/C31H38ClF/c1-2-5-24-8-10-25(11-9-24)12-13-26-14-16-27(17-15-26)18-21-31(32)22-19-28(20-23-31)29-6-3-4-7-30(29)33/h3-4,6-11,19-20,22,26-27H,2,5,12-18,21,23H2,1H3/t26-,27-,31?. The van der Waals surface area contributed by atoms with E-state index >= 15 is 0 Å². The number of aryl methyl sites for hydroxylation is 2. The van der Waals surface area contributed by atoms with Gasteiger partial charge in [0, 0.05) is 5.56 Å². The van der Waals surface area contributed by atoms with Crippen molar-refractivity contribution >= 4 is 17.2 Å². The smallest absolute Gasteiger partial charge is 0.131 e. The van der Waals surface area contributed by atoms with Crippen molar-refractivity contribution in [2.24, 2.45) is 11.8 Å². The third kappa shape index (κ3) is 6.82. The Labute approximate surface area is 205 Å². The summed E-state index contributed by atoms with van der Waals surface area (Å²) in [5.74, 6) is 1.51. The second-order valence-electron chi connectivity index (χ2n) is 10.2. The van der Waals surface area contributed by atoms with Gasteiger partial charge in [0.2, 0.25) is 0 Å². The molecule has 0 amide bonds. The fourth-order valence-corrected chi connectivity index (χ4v) is 5.77. The Morgan fingerprint density at radius 3 is 2.12 bits per heavy atom. The summed E-state index contributed by atoms with van der Waals surface area (Å²) in [6.45, 7) is 2.24. The molecule has 0 radical (unpaired) electrons. The monoisotopic (exact) mass is 464 g/mol. The van der Waals surface area contributed by atoms with Crippen LogP contribution in [0.3, 0.4) is 0 Å². The maximum atomic E-state index is 14.1. The Bertz CT molecular complexity index is 949. The summed E-state index contributed by atoms with van der Waals surface area (Å²) in [6, 6.07) is 16.3. The van der Waals surface area contributed by atoms with Gasteiger partial charge in [-0.05, 0) is 73.1 Å². The van der Waals surface area contributed by atoms with Gasteiger partial charge in [-0.25, -0.2) is 4.39 Å². The molecule has 33 heavy (non-hydrogen) atoms. The Hall–Kier alpha value is -1.86. The third-order valence-corrected chi connectivity index (χ3v) is 8.21. The normalized spacial score (nSPS) is 25.1. The minimum Gasteiger partial charge on any atom is -0.206 e. The summed E-state index contributed by atoms with van der Waals surface area (Å²) in [5, 5.41) is 0. The van der Waals surface area contributed by atoms with Crippen LogP contribution >= 0.6 is 11.6 Å². The van der Waals surface area contributed by atoms with E-state index in [2.05, 4.69) is 43.3 Å². The van der Waals surface area contributed by atoms with E-state index in [0.29, 0.717) is 5.56 Å². The third-order valence-electron chi connectivity index (χ3n) is 7.75. The van der Waals surface area contributed by atoms with Gasteiger partial charge in [0.05, 0.1) is 4.87 Å². The van der Waals surface area contributed by atoms with E-state index in [4.69, 9.17) is 11.6 Å². The van der Waals surface area contributed by atoms with Crippen LogP contribution in [0.1, 0.15) is 81.4 Å². The number of allylic oxidation sites excluding steroid dienone is 4. The minimum absolute atomic E-state index is 0.166. The van der Waals surface area contributed by atoms with Crippen LogP contribution in [-0.4, -0.2) is 4.87 Å². The lowest BCUT2D eigenvalue weighted by Crippen LogP contribution is -2.23. The van der Waals surface area contributed by atoms with E-state index in [1.165, 1.54) is 75.0 Å². The number of rotatable bonds is 9. The van der Waals surface area contributed by atoms with Crippen LogP contribution in [0.15, 0.2) is 66.8 Å². The van der Waals surface area contributed by atoms with Crippen molar-refractivity contribution < 1.29 is 4.39 Å². The fourth-order valence-electron chi connectivity index (χ4n) is 5.52. The maximum Gasteiger partial charge on any atom is 0.131 e. The van der Waals surface area contributed by atoms with Gasteiger partial charge in [0.25, 0.3) is 0 Å². The van der Waals surface area contributed by atoms with Crippen molar-refractivity contribution in [2.75, 3.05) is 0 Å². The van der Waals surface area contributed by atoms with E-state index in [1.54, 1.807) is 6.07 Å². The van der Waals surface area contributed by atoms with E-state index in [-0.39, 0.29) is 10.7 Å². The molecule has 0 aromatic heterocycles. The number of hydrogen-bond donors (Lipinski definition) is 0. The van der Waals surface area contributed by atoms with Gasteiger partial charge in [-0.15, -0.1) is 11.6 Å². The molecule has 0 saturated heterocycles. The first-order chi connectivity index (χ1) is 16.0. The van der Waals surface area contributed by atoms with Gasteiger partial charge in [-0.2, -0.15) is 0 Å². The number of halogens is 2. The fraction of sp³-hybridized carbons (Fsp3) is 0.484. The first kappa shape index (κ1) is 24.3.